The second-order valence-corrected chi connectivity index (χ2v) is 3.47. The molecule has 76 valence electrons. The first-order valence-corrected chi connectivity index (χ1v) is 4.76. The van der Waals surface area contributed by atoms with Gasteiger partial charge >= 0.3 is 0 Å². The third-order valence-corrected chi connectivity index (χ3v) is 2.15. The molecule has 0 saturated carbocycles. The van der Waals surface area contributed by atoms with Gasteiger partial charge in [-0.25, -0.2) is 19.9 Å². The fourth-order valence-electron chi connectivity index (χ4n) is 1.34. The van der Waals surface area contributed by atoms with Crippen LogP contribution in [0, 0.1) is 20.8 Å². The fraction of sp³-hybridized carbons (Fsp3) is 0.273. The molecule has 15 heavy (non-hydrogen) atoms. The van der Waals surface area contributed by atoms with Crippen molar-refractivity contribution in [2.45, 2.75) is 20.8 Å². The molecule has 2 heterocycles. The fourth-order valence-corrected chi connectivity index (χ4v) is 1.34. The van der Waals surface area contributed by atoms with Gasteiger partial charge in [0.15, 0.2) is 0 Å². The third-order valence-electron chi connectivity index (χ3n) is 2.15. The summed E-state index contributed by atoms with van der Waals surface area (Å²) in [5.74, 6) is 1.53. The van der Waals surface area contributed by atoms with Gasteiger partial charge in [-0.3, -0.25) is 0 Å². The topological polar surface area (TPSA) is 51.6 Å². The van der Waals surface area contributed by atoms with E-state index >= 15 is 0 Å². The third kappa shape index (κ3) is 1.98. The van der Waals surface area contributed by atoms with Crippen LogP contribution in [0.2, 0.25) is 0 Å². The molecule has 2 aromatic heterocycles. The van der Waals surface area contributed by atoms with Crippen molar-refractivity contribution in [3.8, 4) is 11.3 Å². The standard InChI is InChI=1S/C11H12N4/c1-7-4-12-9(3)15-11(7)10-5-13-8(2)14-6-10/h4-6H,1-3H3. The predicted octanol–water partition coefficient (Wildman–Crippen LogP) is 1.86. The van der Waals surface area contributed by atoms with E-state index in [1.165, 1.54) is 0 Å². The monoisotopic (exact) mass is 200 g/mol. The van der Waals surface area contributed by atoms with Gasteiger partial charge < -0.3 is 0 Å². The largest absolute Gasteiger partial charge is 0.241 e. The highest BCUT2D eigenvalue weighted by Gasteiger charge is 2.05. The van der Waals surface area contributed by atoms with Crippen LogP contribution in [0.25, 0.3) is 11.3 Å². The van der Waals surface area contributed by atoms with Gasteiger partial charge in [0, 0.05) is 24.2 Å². The summed E-state index contributed by atoms with van der Waals surface area (Å²) in [4.78, 5) is 16.8. The zero-order valence-electron chi connectivity index (χ0n) is 9.02. The summed E-state index contributed by atoms with van der Waals surface area (Å²) in [6.45, 7) is 5.72. The Morgan fingerprint density at radius 1 is 0.800 bits per heavy atom. The molecule has 0 aliphatic rings. The molecule has 0 saturated heterocycles. The quantitative estimate of drug-likeness (QED) is 0.705. The minimum atomic E-state index is 0.760. The van der Waals surface area contributed by atoms with Crippen LogP contribution in [0.15, 0.2) is 18.6 Å². The van der Waals surface area contributed by atoms with E-state index in [9.17, 15) is 0 Å². The Labute approximate surface area is 88.5 Å². The normalized spacial score (nSPS) is 10.3. The zero-order valence-corrected chi connectivity index (χ0v) is 9.02. The molecule has 4 nitrogen and oxygen atoms in total. The molecule has 0 aliphatic heterocycles. The molecule has 0 aromatic carbocycles. The number of aryl methyl sites for hydroxylation is 3. The number of hydrogen-bond donors (Lipinski definition) is 0. The summed E-state index contributed by atoms with van der Waals surface area (Å²) >= 11 is 0. The highest BCUT2D eigenvalue weighted by atomic mass is 14.9. The number of hydrogen-bond acceptors (Lipinski definition) is 4. The van der Waals surface area contributed by atoms with E-state index in [1.807, 2.05) is 27.0 Å². The average molecular weight is 200 g/mol. The van der Waals surface area contributed by atoms with E-state index < -0.39 is 0 Å². The Bertz CT molecular complexity index is 476. The molecule has 0 spiro atoms. The first-order chi connectivity index (χ1) is 7.16. The minimum Gasteiger partial charge on any atom is -0.241 e. The smallest absolute Gasteiger partial charge is 0.125 e. The Morgan fingerprint density at radius 3 is 2.07 bits per heavy atom. The zero-order chi connectivity index (χ0) is 10.8. The van der Waals surface area contributed by atoms with Crippen molar-refractivity contribution < 1.29 is 0 Å². The molecule has 0 fully saturated rings. The predicted molar refractivity (Wildman–Crippen MR) is 57.3 cm³/mol. The Kier molecular flexibility index (Phi) is 2.41. The molecule has 0 aliphatic carbocycles. The van der Waals surface area contributed by atoms with E-state index in [2.05, 4.69) is 19.9 Å². The van der Waals surface area contributed by atoms with Gasteiger partial charge in [-0.05, 0) is 26.3 Å². The molecule has 4 heteroatoms. The lowest BCUT2D eigenvalue weighted by molar-refractivity contribution is 1.02. The molecule has 0 unspecified atom stereocenters. The van der Waals surface area contributed by atoms with E-state index in [-0.39, 0.29) is 0 Å². The summed E-state index contributed by atoms with van der Waals surface area (Å²) in [5.41, 5.74) is 2.87. The molecule has 2 aromatic rings. The van der Waals surface area contributed by atoms with Crippen LogP contribution < -0.4 is 0 Å². The highest BCUT2D eigenvalue weighted by molar-refractivity contribution is 5.60. The summed E-state index contributed by atoms with van der Waals surface area (Å²) in [6.07, 6.45) is 5.39. The lowest BCUT2D eigenvalue weighted by Crippen LogP contribution is -1.96. The highest BCUT2D eigenvalue weighted by Crippen LogP contribution is 2.18. The maximum Gasteiger partial charge on any atom is 0.125 e. The number of aromatic nitrogens is 4. The van der Waals surface area contributed by atoms with Crippen molar-refractivity contribution >= 4 is 0 Å². The molecule has 0 radical (unpaired) electrons. The Morgan fingerprint density at radius 2 is 1.40 bits per heavy atom. The van der Waals surface area contributed by atoms with E-state index in [4.69, 9.17) is 0 Å². The molecule has 2 rings (SSSR count). The van der Waals surface area contributed by atoms with Crippen LogP contribution in [0.5, 0.6) is 0 Å². The van der Waals surface area contributed by atoms with Crippen molar-refractivity contribution in [3.63, 3.8) is 0 Å². The minimum absolute atomic E-state index is 0.760. The Hall–Kier alpha value is -1.84. The maximum absolute atomic E-state index is 4.38. The van der Waals surface area contributed by atoms with Crippen molar-refractivity contribution in [2.24, 2.45) is 0 Å². The lowest BCUT2D eigenvalue weighted by Gasteiger charge is -2.04. The second kappa shape index (κ2) is 3.73. The van der Waals surface area contributed by atoms with Gasteiger partial charge in [0.1, 0.15) is 11.6 Å². The lowest BCUT2D eigenvalue weighted by atomic mass is 10.1. The van der Waals surface area contributed by atoms with Crippen LogP contribution >= 0.6 is 0 Å². The van der Waals surface area contributed by atoms with E-state index in [1.54, 1.807) is 12.4 Å². The van der Waals surface area contributed by atoms with Crippen LogP contribution in [0.1, 0.15) is 17.2 Å². The van der Waals surface area contributed by atoms with Crippen LogP contribution in [0.4, 0.5) is 0 Å². The van der Waals surface area contributed by atoms with Crippen molar-refractivity contribution in [1.29, 1.82) is 0 Å². The molecular weight excluding hydrogens is 188 g/mol. The summed E-state index contributed by atoms with van der Waals surface area (Å²) in [7, 11) is 0. The SMILES string of the molecule is Cc1ncc(-c2nc(C)ncc2C)cn1. The van der Waals surface area contributed by atoms with Gasteiger partial charge in [-0.2, -0.15) is 0 Å². The summed E-state index contributed by atoms with van der Waals surface area (Å²) in [5, 5.41) is 0. The van der Waals surface area contributed by atoms with Crippen LogP contribution in [-0.2, 0) is 0 Å². The van der Waals surface area contributed by atoms with Crippen LogP contribution in [-0.4, -0.2) is 19.9 Å². The summed E-state index contributed by atoms with van der Waals surface area (Å²) < 4.78 is 0. The molecule has 0 atom stereocenters. The first kappa shape index (κ1) is 9.71. The second-order valence-electron chi connectivity index (χ2n) is 3.47. The molecule has 0 N–H and O–H groups in total. The maximum atomic E-state index is 4.38. The number of nitrogens with zero attached hydrogens (tertiary/aromatic N) is 4. The van der Waals surface area contributed by atoms with E-state index in [0.29, 0.717) is 0 Å². The van der Waals surface area contributed by atoms with Crippen molar-refractivity contribution in [1.82, 2.24) is 19.9 Å². The molecular formula is C11H12N4. The number of rotatable bonds is 1. The first-order valence-electron chi connectivity index (χ1n) is 4.76. The molecule has 0 amide bonds. The van der Waals surface area contributed by atoms with Crippen LogP contribution in [0.3, 0.4) is 0 Å². The van der Waals surface area contributed by atoms with E-state index in [0.717, 1.165) is 28.5 Å². The summed E-state index contributed by atoms with van der Waals surface area (Å²) in [6, 6.07) is 0. The van der Waals surface area contributed by atoms with Gasteiger partial charge in [0.25, 0.3) is 0 Å². The average Bonchev–Trinajstić information content (AvgIpc) is 2.23. The van der Waals surface area contributed by atoms with Gasteiger partial charge in [0.05, 0.1) is 5.69 Å². The van der Waals surface area contributed by atoms with Crippen molar-refractivity contribution in [2.75, 3.05) is 0 Å². The van der Waals surface area contributed by atoms with Crippen molar-refractivity contribution in [3.05, 3.63) is 35.8 Å². The molecule has 0 bridgehead atoms. The Balaban J connectivity index is 2.53. The van der Waals surface area contributed by atoms with Gasteiger partial charge in [-0.15, -0.1) is 0 Å². The van der Waals surface area contributed by atoms with Gasteiger partial charge in [0.2, 0.25) is 0 Å². The van der Waals surface area contributed by atoms with Gasteiger partial charge in [-0.1, -0.05) is 0 Å².